The van der Waals surface area contributed by atoms with Gasteiger partial charge in [-0.2, -0.15) is 0 Å². The minimum Gasteiger partial charge on any atom is -0.464 e. The molecule has 94 valence electrons. The van der Waals surface area contributed by atoms with E-state index >= 15 is 0 Å². The summed E-state index contributed by atoms with van der Waals surface area (Å²) in [6.45, 7) is 1.71. The predicted octanol–water partition coefficient (Wildman–Crippen LogP) is 1.10. The Morgan fingerprint density at radius 1 is 1.44 bits per heavy atom. The van der Waals surface area contributed by atoms with Crippen LogP contribution in [0.4, 0.5) is 5.82 Å². The number of halogens is 1. The molecule has 0 radical (unpaired) electrons. The summed E-state index contributed by atoms with van der Waals surface area (Å²) < 4.78 is 6.74. The lowest BCUT2D eigenvalue weighted by Crippen LogP contribution is -2.08. The second-order valence-electron chi connectivity index (χ2n) is 3.42. The number of rotatable bonds is 2. The number of nitrogens with zero attached hydrogens (tertiary/aromatic N) is 4. The van der Waals surface area contributed by atoms with E-state index < -0.39 is 5.97 Å². The summed E-state index contributed by atoms with van der Waals surface area (Å²) in [5.41, 5.74) is 5.94. The Kier molecular flexibility index (Phi) is 3.28. The monoisotopic (exact) mass is 311 g/mol. The van der Waals surface area contributed by atoms with Gasteiger partial charge in [-0.05, 0) is 22.9 Å². The first kappa shape index (κ1) is 12.5. The van der Waals surface area contributed by atoms with Crippen molar-refractivity contribution in [3.63, 3.8) is 0 Å². The normalized spacial score (nSPS) is 10.4. The standard InChI is InChI=1S/C10H10BrN5O2/c1-5-15-8(10(17)18-2)9(12)16(5)7-4-13-6(11)3-14-7/h3-4H,12H2,1-2H3. The lowest BCUT2D eigenvalue weighted by Gasteiger charge is -2.05. The molecule has 0 fully saturated rings. The summed E-state index contributed by atoms with van der Waals surface area (Å²) in [4.78, 5) is 23.7. The highest BCUT2D eigenvalue weighted by atomic mass is 79.9. The molecule has 2 heterocycles. The van der Waals surface area contributed by atoms with Crippen LogP contribution in [0.2, 0.25) is 0 Å². The van der Waals surface area contributed by atoms with E-state index in [4.69, 9.17) is 5.73 Å². The summed E-state index contributed by atoms with van der Waals surface area (Å²) >= 11 is 3.19. The van der Waals surface area contributed by atoms with Gasteiger partial charge in [-0.15, -0.1) is 0 Å². The Morgan fingerprint density at radius 2 is 2.17 bits per heavy atom. The first-order valence-electron chi connectivity index (χ1n) is 4.95. The molecule has 0 spiro atoms. The van der Waals surface area contributed by atoms with E-state index in [-0.39, 0.29) is 11.5 Å². The quantitative estimate of drug-likeness (QED) is 0.834. The molecule has 0 aliphatic rings. The lowest BCUT2D eigenvalue weighted by molar-refractivity contribution is 0.0596. The van der Waals surface area contributed by atoms with Crippen LogP contribution < -0.4 is 5.73 Å². The summed E-state index contributed by atoms with van der Waals surface area (Å²) in [5.74, 6) is 0.607. The third kappa shape index (κ3) is 2.06. The van der Waals surface area contributed by atoms with Gasteiger partial charge in [0.15, 0.2) is 11.5 Å². The average molecular weight is 312 g/mol. The van der Waals surface area contributed by atoms with Crippen LogP contribution in [-0.4, -0.2) is 32.6 Å². The first-order valence-corrected chi connectivity index (χ1v) is 5.75. The SMILES string of the molecule is COC(=O)c1nc(C)n(-c2cnc(Br)cn2)c1N. The van der Waals surface area contributed by atoms with Gasteiger partial charge in [0.25, 0.3) is 0 Å². The number of carbonyl (C=O) groups is 1. The lowest BCUT2D eigenvalue weighted by atomic mass is 10.4. The molecule has 0 amide bonds. The fourth-order valence-corrected chi connectivity index (χ4v) is 1.71. The van der Waals surface area contributed by atoms with Gasteiger partial charge in [-0.1, -0.05) is 0 Å². The number of nitrogens with two attached hydrogens (primary N) is 1. The highest BCUT2D eigenvalue weighted by Gasteiger charge is 2.20. The van der Waals surface area contributed by atoms with Crippen molar-refractivity contribution in [2.24, 2.45) is 0 Å². The number of imidazole rings is 1. The van der Waals surface area contributed by atoms with Crippen molar-refractivity contribution in [2.45, 2.75) is 6.92 Å². The van der Waals surface area contributed by atoms with Gasteiger partial charge < -0.3 is 10.5 Å². The number of nitrogen functional groups attached to an aromatic ring is 1. The van der Waals surface area contributed by atoms with Crippen LogP contribution in [0.5, 0.6) is 0 Å². The van der Waals surface area contributed by atoms with Crippen molar-refractivity contribution in [3.05, 3.63) is 28.5 Å². The summed E-state index contributed by atoms with van der Waals surface area (Å²) in [5, 5.41) is 0. The second-order valence-corrected chi connectivity index (χ2v) is 4.23. The number of carbonyl (C=O) groups excluding carboxylic acids is 1. The molecular weight excluding hydrogens is 302 g/mol. The number of methoxy groups -OCH3 is 1. The molecule has 7 nitrogen and oxygen atoms in total. The topological polar surface area (TPSA) is 95.9 Å². The van der Waals surface area contributed by atoms with Crippen LogP contribution in [-0.2, 0) is 4.74 Å². The Labute approximate surface area is 111 Å². The number of hydrogen-bond donors (Lipinski definition) is 1. The van der Waals surface area contributed by atoms with Gasteiger partial charge in [-0.25, -0.2) is 19.7 Å². The smallest absolute Gasteiger partial charge is 0.360 e. The van der Waals surface area contributed by atoms with Crippen LogP contribution >= 0.6 is 15.9 Å². The molecule has 0 atom stereocenters. The van der Waals surface area contributed by atoms with Crippen molar-refractivity contribution in [1.82, 2.24) is 19.5 Å². The molecule has 2 rings (SSSR count). The summed E-state index contributed by atoms with van der Waals surface area (Å²) in [6, 6.07) is 0. The van der Waals surface area contributed by atoms with Gasteiger partial charge >= 0.3 is 5.97 Å². The van der Waals surface area contributed by atoms with Crippen LogP contribution in [0.25, 0.3) is 5.82 Å². The van der Waals surface area contributed by atoms with E-state index in [9.17, 15) is 4.79 Å². The molecular formula is C10H10BrN5O2. The van der Waals surface area contributed by atoms with Crippen molar-refractivity contribution in [1.29, 1.82) is 0 Å². The zero-order chi connectivity index (χ0) is 13.3. The molecule has 0 aliphatic carbocycles. The number of anilines is 1. The van der Waals surface area contributed by atoms with Crippen LogP contribution in [0, 0.1) is 6.92 Å². The van der Waals surface area contributed by atoms with Gasteiger partial charge in [0.1, 0.15) is 16.2 Å². The number of aryl methyl sites for hydroxylation is 1. The van der Waals surface area contributed by atoms with Crippen LogP contribution in [0.1, 0.15) is 16.3 Å². The van der Waals surface area contributed by atoms with Crippen molar-refractivity contribution in [3.8, 4) is 5.82 Å². The maximum absolute atomic E-state index is 11.5. The van der Waals surface area contributed by atoms with Crippen molar-refractivity contribution < 1.29 is 9.53 Å². The number of hydrogen-bond acceptors (Lipinski definition) is 6. The minimum atomic E-state index is -0.584. The zero-order valence-electron chi connectivity index (χ0n) is 9.72. The number of ether oxygens (including phenoxy) is 1. The fraction of sp³-hybridized carbons (Fsp3) is 0.200. The second kappa shape index (κ2) is 4.73. The van der Waals surface area contributed by atoms with E-state index in [1.165, 1.54) is 24.1 Å². The Hall–Kier alpha value is -1.96. The molecule has 0 unspecified atom stereocenters. The first-order chi connectivity index (χ1) is 8.54. The van der Waals surface area contributed by atoms with Gasteiger partial charge in [0, 0.05) is 0 Å². The van der Waals surface area contributed by atoms with E-state index in [0.717, 1.165) is 0 Å². The highest BCUT2D eigenvalue weighted by Crippen LogP contribution is 2.19. The molecule has 0 saturated heterocycles. The fourth-order valence-electron chi connectivity index (χ4n) is 1.51. The van der Waals surface area contributed by atoms with E-state index in [2.05, 4.69) is 35.6 Å². The largest absolute Gasteiger partial charge is 0.464 e. The molecule has 18 heavy (non-hydrogen) atoms. The average Bonchev–Trinajstić information content (AvgIpc) is 2.65. The minimum absolute atomic E-state index is 0.0692. The maximum Gasteiger partial charge on any atom is 0.360 e. The Morgan fingerprint density at radius 3 is 2.72 bits per heavy atom. The zero-order valence-corrected chi connectivity index (χ0v) is 11.3. The van der Waals surface area contributed by atoms with Crippen LogP contribution in [0.15, 0.2) is 17.0 Å². The van der Waals surface area contributed by atoms with E-state index in [1.807, 2.05) is 0 Å². The van der Waals surface area contributed by atoms with Crippen LogP contribution in [0.3, 0.4) is 0 Å². The molecule has 2 aromatic rings. The van der Waals surface area contributed by atoms with Gasteiger partial charge in [0.05, 0.1) is 19.5 Å². The molecule has 0 aliphatic heterocycles. The summed E-state index contributed by atoms with van der Waals surface area (Å²) in [6.07, 6.45) is 3.06. The van der Waals surface area contributed by atoms with Gasteiger partial charge in [-0.3, -0.25) is 4.57 Å². The van der Waals surface area contributed by atoms with Gasteiger partial charge in [0.2, 0.25) is 0 Å². The van der Waals surface area contributed by atoms with E-state index in [0.29, 0.717) is 16.2 Å². The molecule has 8 heteroatoms. The van der Waals surface area contributed by atoms with E-state index in [1.54, 1.807) is 6.92 Å². The molecule has 0 bridgehead atoms. The predicted molar refractivity (Wildman–Crippen MR) is 67.3 cm³/mol. The summed E-state index contributed by atoms with van der Waals surface area (Å²) in [7, 11) is 1.27. The third-order valence-electron chi connectivity index (χ3n) is 2.30. The number of aromatic nitrogens is 4. The Balaban J connectivity index is 2.55. The highest BCUT2D eigenvalue weighted by molar-refractivity contribution is 9.10. The van der Waals surface area contributed by atoms with Crippen molar-refractivity contribution >= 4 is 27.7 Å². The third-order valence-corrected chi connectivity index (χ3v) is 2.70. The molecule has 0 aromatic carbocycles. The van der Waals surface area contributed by atoms with Crippen molar-refractivity contribution in [2.75, 3.05) is 12.8 Å². The molecule has 2 N–H and O–H groups in total. The molecule has 0 saturated carbocycles. The maximum atomic E-state index is 11.5. The number of esters is 1. The molecule has 2 aromatic heterocycles. The Bertz CT molecular complexity index is 593.